The molecule has 2 aromatic heterocycles. The number of nitrogens with two attached hydrogens (primary N) is 1. The first kappa shape index (κ1) is 26.3. The standard InChI is InChI=1S/C25H30Cl3N7O2/c1-13-9-15(5-8-37-13)31-23-30-12-19-21(34-23)35(16-3-6-25(2,7-4-16)22(29)36)24(32-19)33-20-17(27)10-14(26)11-18(20)28/h10-13,15-16H,3-9H2,1-2H3,(H2,29,36)(H,32,33)(H,30,31,34)/t13-,15-,16?,25?/m0/s1. The molecule has 1 aromatic carbocycles. The van der Waals surface area contributed by atoms with Gasteiger partial charge in [0.05, 0.1) is 28.0 Å². The molecule has 12 heteroatoms. The number of hydrogen-bond donors (Lipinski definition) is 3. The summed E-state index contributed by atoms with van der Waals surface area (Å²) >= 11 is 19.1. The van der Waals surface area contributed by atoms with Gasteiger partial charge in [-0.1, -0.05) is 41.7 Å². The van der Waals surface area contributed by atoms with E-state index in [0.717, 1.165) is 25.7 Å². The number of anilines is 3. The molecule has 1 saturated heterocycles. The second-order valence-corrected chi connectivity index (χ2v) is 11.5. The molecule has 1 aliphatic carbocycles. The minimum atomic E-state index is -0.523. The van der Waals surface area contributed by atoms with E-state index in [-0.39, 0.29) is 24.1 Å². The van der Waals surface area contributed by atoms with E-state index in [9.17, 15) is 4.79 Å². The Morgan fingerprint density at radius 1 is 1.16 bits per heavy atom. The molecule has 1 aliphatic heterocycles. The van der Waals surface area contributed by atoms with Crippen LogP contribution in [0.4, 0.5) is 17.6 Å². The lowest BCUT2D eigenvalue weighted by molar-refractivity contribution is -0.128. The molecule has 2 atom stereocenters. The van der Waals surface area contributed by atoms with Gasteiger partial charge in [0.1, 0.15) is 5.52 Å². The minimum Gasteiger partial charge on any atom is -0.378 e. The van der Waals surface area contributed by atoms with Crippen molar-refractivity contribution in [3.63, 3.8) is 0 Å². The van der Waals surface area contributed by atoms with E-state index >= 15 is 0 Å². The molecule has 4 N–H and O–H groups in total. The van der Waals surface area contributed by atoms with Crippen molar-refractivity contribution in [3.8, 4) is 0 Å². The Labute approximate surface area is 230 Å². The number of carbonyl (C=O) groups is 1. The van der Waals surface area contributed by atoms with Gasteiger partial charge < -0.3 is 21.1 Å². The molecule has 1 amide bonds. The maximum absolute atomic E-state index is 12.1. The topological polar surface area (TPSA) is 120 Å². The van der Waals surface area contributed by atoms with Gasteiger partial charge in [-0.05, 0) is 57.6 Å². The Bertz CT molecular complexity index is 1300. The summed E-state index contributed by atoms with van der Waals surface area (Å²) in [6.07, 6.45) is 6.51. The van der Waals surface area contributed by atoms with Crippen molar-refractivity contribution in [2.45, 2.75) is 70.6 Å². The molecule has 0 unspecified atom stereocenters. The average molecular weight is 567 g/mol. The molecule has 2 fully saturated rings. The van der Waals surface area contributed by atoms with E-state index in [1.54, 1.807) is 18.3 Å². The second-order valence-electron chi connectivity index (χ2n) is 10.3. The predicted octanol–water partition coefficient (Wildman–Crippen LogP) is 6.12. The maximum Gasteiger partial charge on any atom is 0.224 e. The van der Waals surface area contributed by atoms with Gasteiger partial charge in [0.2, 0.25) is 17.8 Å². The molecular formula is C25H30Cl3N7O2. The van der Waals surface area contributed by atoms with E-state index in [1.807, 2.05) is 6.92 Å². The monoisotopic (exact) mass is 565 g/mol. The van der Waals surface area contributed by atoms with Gasteiger partial charge in [-0.15, -0.1) is 0 Å². The van der Waals surface area contributed by atoms with Crippen LogP contribution in [0.25, 0.3) is 11.2 Å². The number of rotatable bonds is 6. The fraction of sp³-hybridized carbons (Fsp3) is 0.520. The molecule has 9 nitrogen and oxygen atoms in total. The molecule has 0 spiro atoms. The van der Waals surface area contributed by atoms with E-state index in [1.165, 1.54) is 0 Å². The molecule has 0 radical (unpaired) electrons. The first-order chi connectivity index (χ1) is 17.6. The third kappa shape index (κ3) is 5.46. The van der Waals surface area contributed by atoms with Crippen LogP contribution in [-0.2, 0) is 9.53 Å². The lowest BCUT2D eigenvalue weighted by Gasteiger charge is -2.35. The van der Waals surface area contributed by atoms with Gasteiger partial charge >= 0.3 is 0 Å². The fourth-order valence-corrected chi connectivity index (χ4v) is 6.14. The van der Waals surface area contributed by atoms with Crippen molar-refractivity contribution in [2.75, 3.05) is 17.2 Å². The quantitative estimate of drug-likeness (QED) is 0.329. The van der Waals surface area contributed by atoms with Gasteiger partial charge in [-0.25, -0.2) is 9.97 Å². The zero-order valence-electron chi connectivity index (χ0n) is 20.7. The summed E-state index contributed by atoms with van der Waals surface area (Å²) in [4.78, 5) is 26.3. The van der Waals surface area contributed by atoms with E-state index < -0.39 is 5.41 Å². The normalized spacial score (nSPS) is 26.2. The third-order valence-corrected chi connectivity index (χ3v) is 8.33. The van der Waals surface area contributed by atoms with Gasteiger partial charge in [0.15, 0.2) is 5.65 Å². The molecule has 0 bridgehead atoms. The van der Waals surface area contributed by atoms with Crippen LogP contribution in [0.1, 0.15) is 58.4 Å². The summed E-state index contributed by atoms with van der Waals surface area (Å²) in [7, 11) is 0. The Hall–Kier alpha value is -2.33. The number of halogens is 3. The number of primary amides is 1. The van der Waals surface area contributed by atoms with Gasteiger partial charge in [0, 0.05) is 29.1 Å². The molecule has 1 saturated carbocycles. The average Bonchev–Trinajstić information content (AvgIpc) is 3.19. The van der Waals surface area contributed by atoms with Gasteiger partial charge in [0.25, 0.3) is 0 Å². The molecular weight excluding hydrogens is 537 g/mol. The zero-order chi connectivity index (χ0) is 26.3. The molecule has 5 rings (SSSR count). The number of benzene rings is 1. The van der Waals surface area contributed by atoms with Crippen LogP contribution < -0.4 is 16.4 Å². The smallest absolute Gasteiger partial charge is 0.224 e. The van der Waals surface area contributed by atoms with Crippen LogP contribution in [0, 0.1) is 5.41 Å². The largest absolute Gasteiger partial charge is 0.378 e. The van der Waals surface area contributed by atoms with Crippen molar-refractivity contribution in [1.82, 2.24) is 19.5 Å². The summed E-state index contributed by atoms with van der Waals surface area (Å²) in [6.45, 7) is 4.71. The van der Waals surface area contributed by atoms with Crippen molar-refractivity contribution in [3.05, 3.63) is 33.4 Å². The van der Waals surface area contributed by atoms with Gasteiger partial charge in [-0.2, -0.15) is 4.98 Å². The minimum absolute atomic E-state index is 0.0376. The fourth-order valence-electron chi connectivity index (χ4n) is 5.22. The molecule has 37 heavy (non-hydrogen) atoms. The van der Waals surface area contributed by atoms with Crippen molar-refractivity contribution in [2.24, 2.45) is 11.1 Å². The van der Waals surface area contributed by atoms with Crippen LogP contribution in [0.5, 0.6) is 0 Å². The molecule has 3 aromatic rings. The van der Waals surface area contributed by atoms with Crippen molar-refractivity contribution in [1.29, 1.82) is 0 Å². The summed E-state index contributed by atoms with van der Waals surface area (Å²) in [5, 5.41) is 7.97. The van der Waals surface area contributed by atoms with E-state index in [2.05, 4.69) is 27.1 Å². The van der Waals surface area contributed by atoms with Crippen molar-refractivity contribution < 1.29 is 9.53 Å². The SMILES string of the molecule is C[C@H]1C[C@@H](Nc2ncc3nc(Nc4c(Cl)cc(Cl)cc4Cl)n(C4CCC(C)(C(N)=O)CC4)c3n2)CCO1. The number of aromatic nitrogens is 4. The number of nitrogens with zero attached hydrogens (tertiary/aromatic N) is 4. The number of ether oxygens (including phenoxy) is 1. The highest BCUT2D eigenvalue weighted by atomic mass is 35.5. The highest BCUT2D eigenvalue weighted by molar-refractivity contribution is 6.41. The first-order valence-corrected chi connectivity index (χ1v) is 13.6. The molecule has 2 aliphatic rings. The van der Waals surface area contributed by atoms with Crippen molar-refractivity contribution >= 4 is 69.5 Å². The lowest BCUT2D eigenvalue weighted by Crippen LogP contribution is -2.38. The molecule has 3 heterocycles. The summed E-state index contributed by atoms with van der Waals surface area (Å²) in [6, 6.07) is 3.52. The van der Waals surface area contributed by atoms with E-state index in [0.29, 0.717) is 63.3 Å². The maximum atomic E-state index is 12.1. The summed E-state index contributed by atoms with van der Waals surface area (Å²) in [5.41, 5.74) is 7.01. The van der Waals surface area contributed by atoms with Gasteiger partial charge in [-0.3, -0.25) is 9.36 Å². The Balaban J connectivity index is 1.52. The van der Waals surface area contributed by atoms with E-state index in [4.69, 9.17) is 55.2 Å². The number of imidazole rings is 1. The van der Waals surface area contributed by atoms with Crippen LogP contribution in [0.2, 0.25) is 15.1 Å². The van der Waals surface area contributed by atoms with Crippen LogP contribution >= 0.6 is 34.8 Å². The zero-order valence-corrected chi connectivity index (χ0v) is 23.0. The number of amides is 1. The highest BCUT2D eigenvalue weighted by Gasteiger charge is 2.38. The number of hydrogen-bond acceptors (Lipinski definition) is 7. The molecule has 198 valence electrons. The first-order valence-electron chi connectivity index (χ1n) is 12.5. The second kappa shape index (κ2) is 10.4. The Kier molecular flexibility index (Phi) is 7.42. The third-order valence-electron chi connectivity index (χ3n) is 7.51. The number of carbonyl (C=O) groups excluding carboxylic acids is 1. The Morgan fingerprint density at radius 3 is 2.51 bits per heavy atom. The summed E-state index contributed by atoms with van der Waals surface area (Å²) < 4.78 is 7.73. The predicted molar refractivity (Wildman–Crippen MR) is 147 cm³/mol. The number of nitrogens with one attached hydrogen (secondary N) is 2. The van der Waals surface area contributed by atoms with Crippen LogP contribution in [0.15, 0.2) is 18.3 Å². The number of fused-ring (bicyclic) bond motifs is 1. The van der Waals surface area contributed by atoms with Crippen LogP contribution in [-0.4, -0.2) is 44.2 Å². The highest BCUT2D eigenvalue weighted by Crippen LogP contribution is 2.44. The summed E-state index contributed by atoms with van der Waals surface area (Å²) in [5.74, 6) is 0.818. The lowest BCUT2D eigenvalue weighted by atomic mass is 9.73. The Morgan fingerprint density at radius 2 is 1.86 bits per heavy atom. The van der Waals surface area contributed by atoms with Crippen LogP contribution in [0.3, 0.4) is 0 Å².